The van der Waals surface area contributed by atoms with E-state index in [0.717, 1.165) is 22.3 Å². The number of amides is 2. The molecule has 0 atom stereocenters. The first-order valence-corrected chi connectivity index (χ1v) is 12.0. The molecule has 0 spiro atoms. The zero-order valence-corrected chi connectivity index (χ0v) is 20.9. The van der Waals surface area contributed by atoms with E-state index in [4.69, 9.17) is 14.5 Å². The molecule has 2 aromatic heterocycles. The van der Waals surface area contributed by atoms with Crippen LogP contribution in [0.15, 0.2) is 65.3 Å². The summed E-state index contributed by atoms with van der Waals surface area (Å²) in [6.07, 6.45) is 2.39. The highest BCUT2D eigenvalue weighted by molar-refractivity contribution is 9.10. The molecule has 2 amide bonds. The van der Waals surface area contributed by atoms with Crippen LogP contribution in [0.5, 0.6) is 11.5 Å². The van der Waals surface area contributed by atoms with Crippen LogP contribution in [0.25, 0.3) is 22.8 Å². The number of carbonyl (C=O) groups excluding carboxylic acids is 2. The topological polar surface area (TPSA) is 118 Å². The molecule has 5 rings (SSSR count). The fraction of sp³-hybridized carbons (Fsp3) is 0.154. The number of nitrogens with zero attached hydrogens (tertiary/aromatic N) is 2. The number of para-hydroxylation sites is 2. The number of rotatable bonds is 7. The van der Waals surface area contributed by atoms with E-state index in [1.165, 1.54) is 0 Å². The Morgan fingerprint density at radius 2 is 1.97 bits per heavy atom. The van der Waals surface area contributed by atoms with Crippen LogP contribution in [-0.2, 0) is 11.2 Å². The van der Waals surface area contributed by atoms with Gasteiger partial charge in [0.15, 0.2) is 12.4 Å². The number of methoxy groups -OCH3 is 1. The Balaban J connectivity index is 1.38. The van der Waals surface area contributed by atoms with Crippen molar-refractivity contribution in [1.82, 2.24) is 20.3 Å². The molecule has 0 unspecified atom stereocenters. The third-order valence-corrected chi connectivity index (χ3v) is 6.15. The number of H-pyrrole nitrogens is 1. The Morgan fingerprint density at radius 3 is 2.81 bits per heavy atom. The number of benzene rings is 2. The maximum Gasteiger partial charge on any atom is 0.262 e. The molecule has 3 heterocycles. The predicted octanol–water partition coefficient (Wildman–Crippen LogP) is 4.21. The van der Waals surface area contributed by atoms with Crippen molar-refractivity contribution in [2.75, 3.05) is 25.6 Å². The van der Waals surface area contributed by atoms with Gasteiger partial charge in [-0.05, 0) is 42.5 Å². The third kappa shape index (κ3) is 4.94. The Labute approximate surface area is 215 Å². The van der Waals surface area contributed by atoms with E-state index in [1.807, 2.05) is 24.3 Å². The molecule has 1 aliphatic heterocycles. The van der Waals surface area contributed by atoms with Crippen molar-refractivity contribution in [1.29, 1.82) is 0 Å². The molecule has 1 aliphatic rings. The first-order valence-electron chi connectivity index (χ1n) is 11.2. The summed E-state index contributed by atoms with van der Waals surface area (Å²) in [5.74, 6) is 1.01. The minimum Gasteiger partial charge on any atom is -0.495 e. The highest BCUT2D eigenvalue weighted by atomic mass is 79.9. The molecule has 2 aromatic carbocycles. The minimum atomic E-state index is -0.335. The second kappa shape index (κ2) is 10.2. The van der Waals surface area contributed by atoms with Gasteiger partial charge in [-0.2, -0.15) is 0 Å². The quantitative estimate of drug-likeness (QED) is 0.319. The van der Waals surface area contributed by atoms with Gasteiger partial charge in [0.05, 0.1) is 35.3 Å². The molecule has 0 radical (unpaired) electrons. The van der Waals surface area contributed by atoms with Gasteiger partial charge in [-0.3, -0.25) is 9.59 Å². The van der Waals surface area contributed by atoms with E-state index in [9.17, 15) is 9.59 Å². The number of carbonyl (C=O) groups is 2. The highest BCUT2D eigenvalue weighted by Crippen LogP contribution is 2.32. The van der Waals surface area contributed by atoms with Crippen molar-refractivity contribution < 1.29 is 19.1 Å². The molecular formula is C26H22BrN5O4. The van der Waals surface area contributed by atoms with Gasteiger partial charge in [0, 0.05) is 29.3 Å². The number of ether oxygens (including phenoxy) is 2. The summed E-state index contributed by atoms with van der Waals surface area (Å²) in [6, 6.07) is 16.1. The van der Waals surface area contributed by atoms with Crippen LogP contribution in [0.2, 0.25) is 0 Å². The molecule has 0 aliphatic carbocycles. The molecule has 36 heavy (non-hydrogen) atoms. The SMILES string of the molecule is COc1ccccc1NC(=O)COc1ccc(Br)cc1-c1nccc(-c2cc3c([nH]2)CCNC3=O)n1. The van der Waals surface area contributed by atoms with Gasteiger partial charge in [0.2, 0.25) is 0 Å². The van der Waals surface area contributed by atoms with E-state index < -0.39 is 0 Å². The lowest BCUT2D eigenvalue weighted by atomic mass is 10.1. The van der Waals surface area contributed by atoms with Crippen molar-refractivity contribution in [3.8, 4) is 34.3 Å². The molecule has 0 saturated heterocycles. The summed E-state index contributed by atoms with van der Waals surface area (Å²) in [7, 11) is 1.54. The summed E-state index contributed by atoms with van der Waals surface area (Å²) in [5.41, 5.74) is 4.06. The van der Waals surface area contributed by atoms with Gasteiger partial charge in [-0.15, -0.1) is 0 Å². The van der Waals surface area contributed by atoms with Crippen molar-refractivity contribution in [3.63, 3.8) is 0 Å². The Bertz CT molecular complexity index is 1450. The van der Waals surface area contributed by atoms with Crippen molar-refractivity contribution in [3.05, 3.63) is 76.5 Å². The molecule has 182 valence electrons. The highest BCUT2D eigenvalue weighted by Gasteiger charge is 2.21. The number of halogens is 1. The summed E-state index contributed by atoms with van der Waals surface area (Å²) in [6.45, 7) is 0.384. The Hall–Kier alpha value is -4.18. The zero-order chi connectivity index (χ0) is 25.1. The minimum absolute atomic E-state index is 0.0953. The van der Waals surface area contributed by atoms with Gasteiger partial charge in [0.1, 0.15) is 11.5 Å². The van der Waals surface area contributed by atoms with E-state index in [1.54, 1.807) is 43.6 Å². The van der Waals surface area contributed by atoms with Gasteiger partial charge >= 0.3 is 0 Å². The van der Waals surface area contributed by atoms with Crippen LogP contribution >= 0.6 is 15.9 Å². The van der Waals surface area contributed by atoms with Gasteiger partial charge in [-0.1, -0.05) is 28.1 Å². The van der Waals surface area contributed by atoms with Crippen LogP contribution in [0.1, 0.15) is 16.1 Å². The van der Waals surface area contributed by atoms with E-state index in [0.29, 0.717) is 46.4 Å². The van der Waals surface area contributed by atoms with Crippen molar-refractivity contribution >= 4 is 33.4 Å². The van der Waals surface area contributed by atoms with Crippen LogP contribution < -0.4 is 20.1 Å². The van der Waals surface area contributed by atoms with Crippen LogP contribution in [-0.4, -0.2) is 47.0 Å². The first kappa shape index (κ1) is 23.6. The maximum absolute atomic E-state index is 12.6. The van der Waals surface area contributed by atoms with Gasteiger partial charge in [-0.25, -0.2) is 9.97 Å². The third-order valence-electron chi connectivity index (χ3n) is 5.66. The standard InChI is InChI=1S/C26H22BrN5O4/c1-35-23-5-3-2-4-20(23)31-24(33)14-36-22-7-6-15(27)12-17(22)25-28-10-9-19(32-25)21-13-16-18(30-21)8-11-29-26(16)34/h2-7,9-10,12-13,30H,8,11,14H2,1H3,(H,29,34)(H,31,33). The monoisotopic (exact) mass is 547 g/mol. The lowest BCUT2D eigenvalue weighted by Gasteiger charge is -2.13. The molecule has 0 bridgehead atoms. The molecule has 10 heteroatoms. The zero-order valence-electron chi connectivity index (χ0n) is 19.3. The van der Waals surface area contributed by atoms with Crippen molar-refractivity contribution in [2.45, 2.75) is 6.42 Å². The Morgan fingerprint density at radius 1 is 1.11 bits per heavy atom. The molecule has 4 aromatic rings. The number of fused-ring (bicyclic) bond motifs is 1. The number of nitrogens with one attached hydrogen (secondary N) is 3. The summed E-state index contributed by atoms with van der Waals surface area (Å²) >= 11 is 3.49. The Kier molecular flexibility index (Phi) is 6.68. The molecule has 9 nitrogen and oxygen atoms in total. The largest absolute Gasteiger partial charge is 0.495 e. The summed E-state index contributed by atoms with van der Waals surface area (Å²) < 4.78 is 12.0. The predicted molar refractivity (Wildman–Crippen MR) is 138 cm³/mol. The number of aromatic amines is 1. The number of hydrogen-bond donors (Lipinski definition) is 3. The molecule has 0 fully saturated rings. The van der Waals surface area contributed by atoms with Gasteiger partial charge < -0.3 is 25.1 Å². The number of hydrogen-bond acceptors (Lipinski definition) is 6. The van der Waals surface area contributed by atoms with Gasteiger partial charge in [0.25, 0.3) is 11.8 Å². The molecular weight excluding hydrogens is 526 g/mol. The average Bonchev–Trinajstić information content (AvgIpc) is 3.34. The number of anilines is 1. The number of aromatic nitrogens is 3. The summed E-state index contributed by atoms with van der Waals surface area (Å²) in [5, 5.41) is 5.64. The molecule has 3 N–H and O–H groups in total. The average molecular weight is 548 g/mol. The van der Waals surface area contributed by atoms with E-state index in [-0.39, 0.29) is 18.4 Å². The van der Waals surface area contributed by atoms with Crippen molar-refractivity contribution in [2.24, 2.45) is 0 Å². The summed E-state index contributed by atoms with van der Waals surface area (Å²) in [4.78, 5) is 37.2. The van der Waals surface area contributed by atoms with Crippen LogP contribution in [0.3, 0.4) is 0 Å². The second-order valence-electron chi connectivity index (χ2n) is 8.02. The lowest BCUT2D eigenvalue weighted by molar-refractivity contribution is -0.118. The van der Waals surface area contributed by atoms with Crippen LogP contribution in [0.4, 0.5) is 5.69 Å². The maximum atomic E-state index is 12.6. The fourth-order valence-corrected chi connectivity index (χ4v) is 4.31. The smallest absolute Gasteiger partial charge is 0.262 e. The fourth-order valence-electron chi connectivity index (χ4n) is 3.95. The van der Waals surface area contributed by atoms with Crippen LogP contribution in [0, 0.1) is 0 Å². The lowest BCUT2D eigenvalue weighted by Crippen LogP contribution is -2.31. The van der Waals surface area contributed by atoms with E-state index >= 15 is 0 Å². The van der Waals surface area contributed by atoms with E-state index in [2.05, 4.69) is 36.5 Å². The molecule has 0 saturated carbocycles. The first-order chi connectivity index (χ1) is 17.5. The normalized spacial score (nSPS) is 12.4. The second-order valence-corrected chi connectivity index (χ2v) is 8.94.